The number of rotatable bonds is 1. The lowest BCUT2D eigenvalue weighted by molar-refractivity contribution is 0.112. The number of aromatic nitrogens is 2. The molecule has 3 aromatic rings. The summed E-state index contributed by atoms with van der Waals surface area (Å²) in [5.74, 6) is 6.05. The predicted octanol–water partition coefficient (Wildman–Crippen LogP) is 2.79. The maximum Gasteiger partial charge on any atom is 0.153 e. The van der Waals surface area contributed by atoms with Gasteiger partial charge >= 0.3 is 0 Å². The molecule has 0 fully saturated rings. The van der Waals surface area contributed by atoms with Crippen molar-refractivity contribution in [3.05, 3.63) is 65.6 Å². The molecular weight excluding hydrogens is 248 g/mol. The van der Waals surface area contributed by atoms with Crippen molar-refractivity contribution in [3.63, 3.8) is 0 Å². The summed E-state index contributed by atoms with van der Waals surface area (Å²) < 4.78 is 1.94. The standard InChI is InChI=1S/C17H12N2O/c1-19-16-8-3-2-7-14(16)15(12-20)17(19)10-9-13-6-4-5-11-18-13/h2-8,11-12H,1H3. The molecule has 0 spiro atoms. The number of hydrogen-bond acceptors (Lipinski definition) is 2. The Labute approximate surface area is 116 Å². The second-order valence-electron chi connectivity index (χ2n) is 4.42. The minimum Gasteiger partial charge on any atom is -0.337 e. The molecule has 0 aliphatic carbocycles. The van der Waals surface area contributed by atoms with Crippen LogP contribution in [0.2, 0.25) is 0 Å². The van der Waals surface area contributed by atoms with Gasteiger partial charge < -0.3 is 4.57 Å². The number of pyridine rings is 1. The van der Waals surface area contributed by atoms with Gasteiger partial charge in [-0.15, -0.1) is 0 Å². The Kier molecular flexibility index (Phi) is 3.06. The van der Waals surface area contributed by atoms with Crippen LogP contribution in [0.4, 0.5) is 0 Å². The zero-order chi connectivity index (χ0) is 13.9. The van der Waals surface area contributed by atoms with Crippen LogP contribution in [0.5, 0.6) is 0 Å². The summed E-state index contributed by atoms with van der Waals surface area (Å²) in [6.07, 6.45) is 2.57. The molecule has 3 nitrogen and oxygen atoms in total. The molecule has 3 rings (SSSR count). The Morgan fingerprint density at radius 2 is 1.90 bits per heavy atom. The largest absolute Gasteiger partial charge is 0.337 e. The molecule has 3 heteroatoms. The molecule has 0 saturated heterocycles. The molecule has 0 aliphatic rings. The van der Waals surface area contributed by atoms with Gasteiger partial charge in [0.25, 0.3) is 0 Å². The Balaban J connectivity index is 2.20. The van der Waals surface area contributed by atoms with Gasteiger partial charge in [0.05, 0.1) is 5.56 Å². The van der Waals surface area contributed by atoms with E-state index in [0.717, 1.165) is 17.2 Å². The van der Waals surface area contributed by atoms with Crippen LogP contribution >= 0.6 is 0 Å². The smallest absolute Gasteiger partial charge is 0.153 e. The van der Waals surface area contributed by atoms with Crippen molar-refractivity contribution in [1.29, 1.82) is 0 Å². The number of benzene rings is 1. The number of para-hydroxylation sites is 1. The van der Waals surface area contributed by atoms with Crippen molar-refractivity contribution < 1.29 is 4.79 Å². The normalized spacial score (nSPS) is 10.1. The maximum absolute atomic E-state index is 11.4. The van der Waals surface area contributed by atoms with Gasteiger partial charge in [-0.1, -0.05) is 24.3 Å². The highest BCUT2D eigenvalue weighted by atomic mass is 16.1. The van der Waals surface area contributed by atoms with Gasteiger partial charge in [-0.2, -0.15) is 0 Å². The van der Waals surface area contributed by atoms with E-state index >= 15 is 0 Å². The first-order chi connectivity index (χ1) is 9.81. The molecule has 0 saturated carbocycles. The zero-order valence-electron chi connectivity index (χ0n) is 11.0. The van der Waals surface area contributed by atoms with E-state index in [1.54, 1.807) is 6.20 Å². The highest BCUT2D eigenvalue weighted by molar-refractivity contribution is 6.00. The molecule has 0 aliphatic heterocycles. The molecule has 0 radical (unpaired) electrons. The lowest BCUT2D eigenvalue weighted by atomic mass is 10.1. The summed E-state index contributed by atoms with van der Waals surface area (Å²) in [7, 11) is 1.91. The van der Waals surface area contributed by atoms with Crippen LogP contribution in [0.25, 0.3) is 10.9 Å². The van der Waals surface area contributed by atoms with Gasteiger partial charge in [-0.3, -0.25) is 4.79 Å². The molecule has 0 unspecified atom stereocenters. The van der Waals surface area contributed by atoms with E-state index in [9.17, 15) is 4.79 Å². The first-order valence-electron chi connectivity index (χ1n) is 6.27. The van der Waals surface area contributed by atoms with Crippen LogP contribution in [0.15, 0.2) is 48.7 Å². The summed E-state index contributed by atoms with van der Waals surface area (Å²) in [5.41, 5.74) is 3.04. The minimum atomic E-state index is 0.631. The highest BCUT2D eigenvalue weighted by Crippen LogP contribution is 2.23. The Morgan fingerprint density at radius 3 is 2.65 bits per heavy atom. The average Bonchev–Trinajstić information content (AvgIpc) is 2.78. The average molecular weight is 260 g/mol. The molecule has 0 atom stereocenters. The molecule has 20 heavy (non-hydrogen) atoms. The molecule has 96 valence electrons. The monoisotopic (exact) mass is 260 g/mol. The lowest BCUT2D eigenvalue weighted by Crippen LogP contribution is -1.94. The topological polar surface area (TPSA) is 34.9 Å². The van der Waals surface area contributed by atoms with Crippen LogP contribution in [-0.4, -0.2) is 15.8 Å². The van der Waals surface area contributed by atoms with Gasteiger partial charge in [0.1, 0.15) is 11.4 Å². The van der Waals surface area contributed by atoms with Crippen molar-refractivity contribution in [2.45, 2.75) is 0 Å². The zero-order valence-corrected chi connectivity index (χ0v) is 11.0. The van der Waals surface area contributed by atoms with Crippen molar-refractivity contribution in [2.75, 3.05) is 0 Å². The SMILES string of the molecule is Cn1c(C#Cc2ccccn2)c(C=O)c2ccccc21. The molecule has 2 heterocycles. The van der Waals surface area contributed by atoms with E-state index in [0.29, 0.717) is 17.0 Å². The van der Waals surface area contributed by atoms with Gasteiger partial charge in [0.15, 0.2) is 6.29 Å². The Bertz CT molecular complexity index is 836. The molecule has 0 bridgehead atoms. The molecule has 2 aromatic heterocycles. The van der Waals surface area contributed by atoms with E-state index in [4.69, 9.17) is 0 Å². The first-order valence-corrected chi connectivity index (χ1v) is 6.27. The second kappa shape index (κ2) is 5.02. The number of aryl methyl sites for hydroxylation is 1. The number of aldehydes is 1. The number of carbonyl (C=O) groups is 1. The van der Waals surface area contributed by atoms with E-state index in [2.05, 4.69) is 16.8 Å². The van der Waals surface area contributed by atoms with Gasteiger partial charge in [-0.05, 0) is 30.0 Å². The Hall–Kier alpha value is -2.86. The summed E-state index contributed by atoms with van der Waals surface area (Å²) in [5, 5.41) is 0.926. The van der Waals surface area contributed by atoms with Crippen LogP contribution in [0, 0.1) is 11.8 Å². The lowest BCUT2D eigenvalue weighted by Gasteiger charge is -1.96. The molecule has 0 N–H and O–H groups in total. The fourth-order valence-corrected chi connectivity index (χ4v) is 2.25. The summed E-state index contributed by atoms with van der Waals surface area (Å²) >= 11 is 0. The third-order valence-corrected chi connectivity index (χ3v) is 3.24. The van der Waals surface area contributed by atoms with E-state index < -0.39 is 0 Å². The third kappa shape index (κ3) is 1.98. The molecule has 1 aromatic carbocycles. The van der Waals surface area contributed by atoms with E-state index in [1.165, 1.54) is 0 Å². The maximum atomic E-state index is 11.4. The number of carbonyl (C=O) groups excluding carboxylic acids is 1. The van der Waals surface area contributed by atoms with Crippen molar-refractivity contribution >= 4 is 17.2 Å². The number of nitrogens with zero attached hydrogens (tertiary/aromatic N) is 2. The summed E-state index contributed by atoms with van der Waals surface area (Å²) in [4.78, 5) is 15.5. The number of hydrogen-bond donors (Lipinski definition) is 0. The molecular formula is C17H12N2O. The van der Waals surface area contributed by atoms with Crippen molar-refractivity contribution in [3.8, 4) is 11.8 Å². The van der Waals surface area contributed by atoms with Gasteiger partial charge in [-0.25, -0.2) is 4.98 Å². The van der Waals surface area contributed by atoms with E-state index in [-0.39, 0.29) is 0 Å². The van der Waals surface area contributed by atoms with E-state index in [1.807, 2.05) is 54.1 Å². The van der Waals surface area contributed by atoms with Crippen LogP contribution in [0.3, 0.4) is 0 Å². The van der Waals surface area contributed by atoms with Crippen LogP contribution in [0.1, 0.15) is 21.7 Å². The highest BCUT2D eigenvalue weighted by Gasteiger charge is 2.11. The van der Waals surface area contributed by atoms with Crippen LogP contribution in [-0.2, 0) is 7.05 Å². The Morgan fingerprint density at radius 1 is 1.10 bits per heavy atom. The van der Waals surface area contributed by atoms with Gasteiger partial charge in [0.2, 0.25) is 0 Å². The predicted molar refractivity (Wildman–Crippen MR) is 78.5 cm³/mol. The summed E-state index contributed by atoms with van der Waals surface area (Å²) in [6, 6.07) is 13.4. The minimum absolute atomic E-state index is 0.631. The molecule has 0 amide bonds. The van der Waals surface area contributed by atoms with Crippen molar-refractivity contribution in [1.82, 2.24) is 9.55 Å². The quantitative estimate of drug-likeness (QED) is 0.498. The van der Waals surface area contributed by atoms with Gasteiger partial charge in [0, 0.05) is 24.1 Å². The van der Waals surface area contributed by atoms with Crippen molar-refractivity contribution in [2.24, 2.45) is 7.05 Å². The third-order valence-electron chi connectivity index (χ3n) is 3.24. The van der Waals surface area contributed by atoms with Crippen LogP contribution < -0.4 is 0 Å². The number of fused-ring (bicyclic) bond motifs is 1. The fourth-order valence-electron chi connectivity index (χ4n) is 2.25. The fraction of sp³-hybridized carbons (Fsp3) is 0.0588. The second-order valence-corrected chi connectivity index (χ2v) is 4.42. The first kappa shape index (κ1) is 12.2. The summed E-state index contributed by atoms with van der Waals surface area (Å²) in [6.45, 7) is 0.